The van der Waals surface area contributed by atoms with Crippen LogP contribution < -0.4 is 0 Å². The second-order valence-electron chi connectivity index (χ2n) is 1.70. The Kier molecular flexibility index (Phi) is 5.92. The first kappa shape index (κ1) is 9.64. The number of hydrogen-bond acceptors (Lipinski definition) is 2. The van der Waals surface area contributed by atoms with E-state index in [4.69, 9.17) is 5.26 Å². The molecule has 0 aliphatic heterocycles. The van der Waals surface area contributed by atoms with Crippen LogP contribution in [-0.4, -0.2) is 4.98 Å². The maximum atomic E-state index is 8.24. The van der Waals surface area contributed by atoms with Gasteiger partial charge in [0.25, 0.3) is 0 Å². The minimum absolute atomic E-state index is 0.452. The average Bonchev–Trinajstić information content (AvgIpc) is 2.11. The zero-order valence-corrected chi connectivity index (χ0v) is 6.91. The van der Waals surface area contributed by atoms with Crippen LogP contribution >= 0.6 is 0 Å². The summed E-state index contributed by atoms with van der Waals surface area (Å²) in [4.78, 5) is 3.85. The smallest absolute Gasteiger partial charge is 0.0670 e. The minimum atomic E-state index is 0.452. The molecule has 0 aliphatic carbocycles. The third-order valence-electron chi connectivity index (χ3n) is 1.01. The summed E-state index contributed by atoms with van der Waals surface area (Å²) >= 11 is 0. The summed E-state index contributed by atoms with van der Waals surface area (Å²) in [6.07, 6.45) is 3.85. The molecule has 0 fully saturated rings. The molecule has 0 saturated carbocycles. The van der Waals surface area contributed by atoms with Gasteiger partial charge >= 0.3 is 0 Å². The van der Waals surface area contributed by atoms with Crippen molar-refractivity contribution in [3.63, 3.8) is 0 Å². The summed E-state index contributed by atoms with van der Waals surface area (Å²) in [7, 11) is 0. The van der Waals surface area contributed by atoms with E-state index in [1.807, 2.05) is 32.0 Å². The third kappa shape index (κ3) is 4.10. The molecule has 0 N–H and O–H groups in total. The molecule has 1 aromatic heterocycles. The molecule has 0 bridgehead atoms. The number of pyridine rings is 1. The van der Waals surface area contributed by atoms with Gasteiger partial charge in [-0.25, -0.2) is 0 Å². The van der Waals surface area contributed by atoms with Crippen LogP contribution in [0.15, 0.2) is 24.5 Å². The molecule has 0 aliphatic rings. The fourth-order valence-electron chi connectivity index (χ4n) is 0.594. The topological polar surface area (TPSA) is 36.7 Å². The molecule has 11 heavy (non-hydrogen) atoms. The van der Waals surface area contributed by atoms with Crippen LogP contribution in [0.1, 0.15) is 19.4 Å². The van der Waals surface area contributed by atoms with Crippen molar-refractivity contribution in [1.29, 1.82) is 5.26 Å². The van der Waals surface area contributed by atoms with Gasteiger partial charge in [0, 0.05) is 12.4 Å². The van der Waals surface area contributed by atoms with Crippen molar-refractivity contribution < 1.29 is 0 Å². The molecule has 1 aromatic rings. The first-order valence-electron chi connectivity index (χ1n) is 3.69. The molecule has 0 aromatic carbocycles. The Morgan fingerprint density at radius 3 is 2.73 bits per heavy atom. The normalized spacial score (nSPS) is 7.36. The highest BCUT2D eigenvalue weighted by molar-refractivity contribution is 5.12. The average molecular weight is 148 g/mol. The molecule has 2 heteroatoms. The number of aromatic nitrogens is 1. The van der Waals surface area contributed by atoms with Crippen LogP contribution in [0.2, 0.25) is 0 Å². The van der Waals surface area contributed by atoms with Gasteiger partial charge in [0.05, 0.1) is 12.5 Å². The molecule has 1 heterocycles. The van der Waals surface area contributed by atoms with Crippen LogP contribution in [0.5, 0.6) is 0 Å². The molecule has 0 atom stereocenters. The Labute approximate surface area is 67.5 Å². The van der Waals surface area contributed by atoms with E-state index in [-0.39, 0.29) is 0 Å². The van der Waals surface area contributed by atoms with Crippen molar-refractivity contribution in [2.45, 2.75) is 20.3 Å². The first-order chi connectivity index (χ1) is 5.43. The molecule has 0 spiro atoms. The standard InChI is InChI=1S/C7H6N2.C2H6/c8-4-3-7-2-1-5-9-6-7;1-2/h1-2,5-6H,3H2;1-2H3. The van der Waals surface area contributed by atoms with E-state index in [1.54, 1.807) is 12.4 Å². The van der Waals surface area contributed by atoms with Gasteiger partial charge in [0.2, 0.25) is 0 Å². The van der Waals surface area contributed by atoms with E-state index in [9.17, 15) is 0 Å². The molecular formula is C9H12N2. The fourth-order valence-corrected chi connectivity index (χ4v) is 0.594. The number of rotatable bonds is 1. The minimum Gasteiger partial charge on any atom is -0.264 e. The van der Waals surface area contributed by atoms with E-state index in [2.05, 4.69) is 4.98 Å². The molecule has 0 amide bonds. The van der Waals surface area contributed by atoms with E-state index in [0.717, 1.165) is 5.56 Å². The number of nitriles is 1. The predicted molar refractivity (Wildman–Crippen MR) is 44.9 cm³/mol. The highest BCUT2D eigenvalue weighted by Crippen LogP contribution is 1.93. The van der Waals surface area contributed by atoms with Crippen LogP contribution in [-0.2, 0) is 6.42 Å². The molecule has 2 nitrogen and oxygen atoms in total. The highest BCUT2D eigenvalue weighted by atomic mass is 14.6. The summed E-state index contributed by atoms with van der Waals surface area (Å²) in [6, 6.07) is 5.76. The van der Waals surface area contributed by atoms with E-state index >= 15 is 0 Å². The zero-order valence-electron chi connectivity index (χ0n) is 6.91. The lowest BCUT2D eigenvalue weighted by Crippen LogP contribution is -1.79. The second-order valence-corrected chi connectivity index (χ2v) is 1.70. The SMILES string of the molecule is CC.N#CCc1cccnc1. The van der Waals surface area contributed by atoms with Crippen molar-refractivity contribution in [2.75, 3.05) is 0 Å². The second kappa shape index (κ2) is 6.76. The van der Waals surface area contributed by atoms with Crippen LogP contribution in [0, 0.1) is 11.3 Å². The molecule has 0 unspecified atom stereocenters. The van der Waals surface area contributed by atoms with Gasteiger partial charge in [-0.05, 0) is 11.6 Å². The lowest BCUT2D eigenvalue weighted by Gasteiger charge is -1.87. The summed E-state index contributed by atoms with van der Waals surface area (Å²) in [5, 5.41) is 8.24. The van der Waals surface area contributed by atoms with Gasteiger partial charge in [-0.2, -0.15) is 5.26 Å². The Balaban J connectivity index is 0.000000461. The van der Waals surface area contributed by atoms with Crippen LogP contribution in [0.4, 0.5) is 0 Å². The molecule has 58 valence electrons. The fraction of sp³-hybridized carbons (Fsp3) is 0.333. The summed E-state index contributed by atoms with van der Waals surface area (Å²) in [5.41, 5.74) is 0.972. The molecule has 1 rings (SSSR count). The highest BCUT2D eigenvalue weighted by Gasteiger charge is 1.85. The summed E-state index contributed by atoms with van der Waals surface area (Å²) in [6.45, 7) is 4.00. The van der Waals surface area contributed by atoms with Gasteiger partial charge in [-0.1, -0.05) is 19.9 Å². The largest absolute Gasteiger partial charge is 0.264 e. The predicted octanol–water partition coefficient (Wildman–Crippen LogP) is 2.17. The Morgan fingerprint density at radius 1 is 1.55 bits per heavy atom. The Morgan fingerprint density at radius 2 is 2.27 bits per heavy atom. The quantitative estimate of drug-likeness (QED) is 0.612. The van der Waals surface area contributed by atoms with Gasteiger partial charge in [-0.15, -0.1) is 0 Å². The first-order valence-corrected chi connectivity index (χ1v) is 3.69. The van der Waals surface area contributed by atoms with Crippen molar-refractivity contribution in [1.82, 2.24) is 4.98 Å². The van der Waals surface area contributed by atoms with Crippen LogP contribution in [0.3, 0.4) is 0 Å². The lowest BCUT2D eigenvalue weighted by atomic mass is 10.2. The molecular weight excluding hydrogens is 136 g/mol. The maximum Gasteiger partial charge on any atom is 0.0670 e. The van der Waals surface area contributed by atoms with E-state index in [1.165, 1.54) is 0 Å². The summed E-state index contributed by atoms with van der Waals surface area (Å²) < 4.78 is 0. The van der Waals surface area contributed by atoms with E-state index in [0.29, 0.717) is 6.42 Å². The number of nitrogens with zero attached hydrogens (tertiary/aromatic N) is 2. The van der Waals surface area contributed by atoms with Crippen LogP contribution in [0.25, 0.3) is 0 Å². The van der Waals surface area contributed by atoms with Gasteiger partial charge in [0.15, 0.2) is 0 Å². The van der Waals surface area contributed by atoms with Crippen molar-refractivity contribution in [3.8, 4) is 6.07 Å². The monoisotopic (exact) mass is 148 g/mol. The summed E-state index contributed by atoms with van der Waals surface area (Å²) in [5.74, 6) is 0. The van der Waals surface area contributed by atoms with Gasteiger partial charge in [-0.3, -0.25) is 4.98 Å². The maximum absolute atomic E-state index is 8.24. The van der Waals surface area contributed by atoms with Crippen molar-refractivity contribution in [2.24, 2.45) is 0 Å². The van der Waals surface area contributed by atoms with Gasteiger partial charge in [0.1, 0.15) is 0 Å². The van der Waals surface area contributed by atoms with Crippen molar-refractivity contribution in [3.05, 3.63) is 30.1 Å². The Hall–Kier alpha value is -1.36. The van der Waals surface area contributed by atoms with Gasteiger partial charge < -0.3 is 0 Å². The zero-order chi connectivity index (χ0) is 8.53. The lowest BCUT2D eigenvalue weighted by molar-refractivity contribution is 1.19. The number of hydrogen-bond donors (Lipinski definition) is 0. The third-order valence-corrected chi connectivity index (χ3v) is 1.01. The molecule has 0 saturated heterocycles. The Bertz CT molecular complexity index is 211. The van der Waals surface area contributed by atoms with E-state index < -0.39 is 0 Å². The van der Waals surface area contributed by atoms with Crippen molar-refractivity contribution >= 4 is 0 Å². The molecule has 0 radical (unpaired) electrons.